The van der Waals surface area contributed by atoms with E-state index in [4.69, 9.17) is 4.98 Å². The number of aromatic hydroxyl groups is 1. The molecule has 1 aromatic carbocycles. The monoisotopic (exact) mass is 479 g/mol. The van der Waals surface area contributed by atoms with E-state index in [1.165, 1.54) is 14.7 Å². The summed E-state index contributed by atoms with van der Waals surface area (Å²) in [7, 11) is 3.28. The molecule has 1 aliphatic heterocycles. The van der Waals surface area contributed by atoms with Crippen molar-refractivity contribution < 1.29 is 9.90 Å². The SMILES string of the molecule is Cc1ccc([C@H](Nc2nc3c(nc2Nc2cccc(C(=O)N(C)C)c2O)=NCN=3)C(C)(C)C)s1. The van der Waals surface area contributed by atoms with Gasteiger partial charge in [-0.05, 0) is 36.6 Å². The van der Waals surface area contributed by atoms with Gasteiger partial charge in [-0.3, -0.25) is 4.79 Å². The van der Waals surface area contributed by atoms with Crippen molar-refractivity contribution in [2.75, 3.05) is 31.4 Å². The second-order valence-corrected chi connectivity index (χ2v) is 10.8. The minimum absolute atomic E-state index is 0.0484. The van der Waals surface area contributed by atoms with Crippen LogP contribution in [-0.2, 0) is 0 Å². The highest BCUT2D eigenvalue weighted by atomic mass is 32.1. The van der Waals surface area contributed by atoms with Crippen LogP contribution in [0.15, 0.2) is 40.3 Å². The molecule has 0 spiro atoms. The molecule has 0 bridgehead atoms. The summed E-state index contributed by atoms with van der Waals surface area (Å²) < 4.78 is 0. The van der Waals surface area contributed by atoms with Crippen molar-refractivity contribution in [1.29, 1.82) is 0 Å². The number of aromatic nitrogens is 2. The number of nitrogens with one attached hydrogen (secondary N) is 2. The third kappa shape index (κ3) is 4.72. The molecular formula is C24H29N7O2S. The Balaban J connectivity index is 1.78. The van der Waals surface area contributed by atoms with Crippen molar-refractivity contribution >= 4 is 34.6 Å². The number of rotatable bonds is 6. The van der Waals surface area contributed by atoms with Gasteiger partial charge in [0, 0.05) is 23.8 Å². The fourth-order valence-electron chi connectivity index (χ4n) is 3.63. The van der Waals surface area contributed by atoms with Gasteiger partial charge in [0.15, 0.2) is 28.4 Å². The van der Waals surface area contributed by atoms with Crippen molar-refractivity contribution in [2.24, 2.45) is 15.4 Å². The lowest BCUT2D eigenvalue weighted by atomic mass is 9.86. The van der Waals surface area contributed by atoms with Crippen LogP contribution in [0.25, 0.3) is 0 Å². The molecule has 10 heteroatoms. The van der Waals surface area contributed by atoms with E-state index in [-0.39, 0.29) is 35.3 Å². The van der Waals surface area contributed by atoms with E-state index in [1.807, 2.05) is 0 Å². The van der Waals surface area contributed by atoms with Crippen molar-refractivity contribution in [3.8, 4) is 5.75 Å². The van der Waals surface area contributed by atoms with Crippen molar-refractivity contribution in [2.45, 2.75) is 33.7 Å². The number of para-hydroxylation sites is 1. The van der Waals surface area contributed by atoms with Crippen LogP contribution in [0.1, 0.15) is 46.9 Å². The molecule has 1 aliphatic rings. The number of anilines is 3. The van der Waals surface area contributed by atoms with Crippen LogP contribution in [0.2, 0.25) is 0 Å². The molecule has 0 saturated carbocycles. The number of carbonyl (C=O) groups excluding carboxylic acids is 1. The molecular weight excluding hydrogens is 450 g/mol. The summed E-state index contributed by atoms with van der Waals surface area (Å²) in [5, 5.41) is 17.5. The van der Waals surface area contributed by atoms with E-state index in [0.29, 0.717) is 28.3 Å². The summed E-state index contributed by atoms with van der Waals surface area (Å²) >= 11 is 1.73. The Kier molecular flexibility index (Phi) is 6.26. The van der Waals surface area contributed by atoms with Crippen LogP contribution in [0.3, 0.4) is 0 Å². The summed E-state index contributed by atoms with van der Waals surface area (Å²) in [6, 6.07) is 9.16. The van der Waals surface area contributed by atoms with E-state index in [2.05, 4.69) is 65.4 Å². The predicted octanol–water partition coefficient (Wildman–Crippen LogP) is 3.41. The Bertz CT molecular complexity index is 1360. The maximum absolute atomic E-state index is 12.5. The molecule has 0 aliphatic carbocycles. The number of hydrogen-bond donors (Lipinski definition) is 3. The zero-order valence-corrected chi connectivity index (χ0v) is 21.0. The van der Waals surface area contributed by atoms with Crippen molar-refractivity contribution in [3.63, 3.8) is 0 Å². The van der Waals surface area contributed by atoms with E-state index >= 15 is 0 Å². The van der Waals surface area contributed by atoms with Crippen LogP contribution in [0, 0.1) is 12.3 Å². The topological polar surface area (TPSA) is 115 Å². The lowest BCUT2D eigenvalue weighted by Crippen LogP contribution is -2.33. The minimum Gasteiger partial charge on any atom is -0.505 e. The molecule has 34 heavy (non-hydrogen) atoms. The molecule has 4 rings (SSSR count). The van der Waals surface area contributed by atoms with E-state index in [9.17, 15) is 9.90 Å². The van der Waals surface area contributed by atoms with Crippen LogP contribution < -0.4 is 21.6 Å². The molecule has 2 aromatic heterocycles. The number of phenolic OH excluding ortho intramolecular Hbond substituents is 1. The number of fused-ring (bicyclic) bond motifs is 1. The highest BCUT2D eigenvalue weighted by Gasteiger charge is 2.29. The normalized spacial score (nSPS) is 13.5. The largest absolute Gasteiger partial charge is 0.505 e. The van der Waals surface area contributed by atoms with Gasteiger partial charge in [0.25, 0.3) is 5.91 Å². The fraction of sp³-hybridized carbons (Fsp3) is 0.375. The van der Waals surface area contributed by atoms with Gasteiger partial charge in [-0.25, -0.2) is 20.0 Å². The Morgan fingerprint density at radius 1 is 1.09 bits per heavy atom. The highest BCUT2D eigenvalue weighted by molar-refractivity contribution is 7.12. The van der Waals surface area contributed by atoms with Gasteiger partial charge in [0.1, 0.15) is 6.67 Å². The summed E-state index contributed by atoms with van der Waals surface area (Å²) in [6.07, 6.45) is 0. The second kappa shape index (κ2) is 9.02. The van der Waals surface area contributed by atoms with Gasteiger partial charge >= 0.3 is 0 Å². The first-order valence-electron chi connectivity index (χ1n) is 10.9. The maximum atomic E-state index is 12.5. The first kappa shape index (κ1) is 23.6. The number of thiophene rings is 1. The summed E-state index contributed by atoms with van der Waals surface area (Å²) in [6.45, 7) is 8.85. The molecule has 0 saturated heterocycles. The summed E-state index contributed by atoms with van der Waals surface area (Å²) in [5.74, 6) is 0.438. The fourth-order valence-corrected chi connectivity index (χ4v) is 4.81. The molecule has 9 nitrogen and oxygen atoms in total. The van der Waals surface area contributed by atoms with Crippen molar-refractivity contribution in [3.05, 3.63) is 56.6 Å². The van der Waals surface area contributed by atoms with Crippen LogP contribution >= 0.6 is 11.3 Å². The number of amides is 1. The van der Waals surface area contributed by atoms with Crippen LogP contribution in [-0.4, -0.2) is 46.6 Å². The Hall–Kier alpha value is -3.53. The highest BCUT2D eigenvalue weighted by Crippen LogP contribution is 2.40. The molecule has 0 unspecified atom stereocenters. The average molecular weight is 480 g/mol. The lowest BCUT2D eigenvalue weighted by Gasteiger charge is -2.31. The number of carbonyl (C=O) groups is 1. The smallest absolute Gasteiger partial charge is 0.257 e. The lowest BCUT2D eigenvalue weighted by molar-refractivity contribution is 0.0824. The zero-order valence-electron chi connectivity index (χ0n) is 20.2. The van der Waals surface area contributed by atoms with Gasteiger partial charge in [0.2, 0.25) is 0 Å². The molecule has 1 atom stereocenters. The van der Waals surface area contributed by atoms with Gasteiger partial charge in [-0.2, -0.15) is 0 Å². The molecule has 3 aromatic rings. The Labute approximate surface area is 202 Å². The Morgan fingerprint density at radius 2 is 1.76 bits per heavy atom. The van der Waals surface area contributed by atoms with Crippen LogP contribution in [0.5, 0.6) is 5.75 Å². The molecule has 0 fully saturated rings. The molecule has 0 radical (unpaired) electrons. The third-order valence-corrected chi connectivity index (χ3v) is 6.48. The van der Waals surface area contributed by atoms with Gasteiger partial charge < -0.3 is 20.6 Å². The Morgan fingerprint density at radius 3 is 2.35 bits per heavy atom. The van der Waals surface area contributed by atoms with E-state index in [1.54, 1.807) is 43.6 Å². The van der Waals surface area contributed by atoms with Gasteiger partial charge in [0.05, 0.1) is 17.3 Å². The number of phenols is 1. The quantitative estimate of drug-likeness (QED) is 0.467. The molecule has 178 valence electrons. The molecule has 3 N–H and O–H groups in total. The first-order valence-corrected chi connectivity index (χ1v) is 11.8. The number of hydrogen-bond acceptors (Lipinski definition) is 9. The van der Waals surface area contributed by atoms with E-state index < -0.39 is 0 Å². The standard InChI is InChI=1S/C24H29N7O2S/c1-13-10-11-16(34-13)18(24(2,3)4)28-22-21(29-19-20(30-22)26-12-25-19)27-15-9-7-8-14(17(15)32)23(33)31(5)6/h7-11,18,32H,12H2,1-6H3,(H,25,27,29)(H,26,28,30)/t18-/m0/s1. The molecule has 1 amide bonds. The second-order valence-electron chi connectivity index (χ2n) is 9.44. The maximum Gasteiger partial charge on any atom is 0.257 e. The van der Waals surface area contributed by atoms with Gasteiger partial charge in [-0.15, -0.1) is 11.3 Å². The van der Waals surface area contributed by atoms with Crippen molar-refractivity contribution in [1.82, 2.24) is 14.9 Å². The van der Waals surface area contributed by atoms with Crippen LogP contribution in [0.4, 0.5) is 17.3 Å². The number of nitrogens with zero attached hydrogens (tertiary/aromatic N) is 5. The van der Waals surface area contributed by atoms with E-state index in [0.717, 1.165) is 0 Å². The zero-order chi connectivity index (χ0) is 24.6. The molecule has 3 heterocycles. The first-order chi connectivity index (χ1) is 16.0. The number of aryl methyl sites for hydroxylation is 1. The van der Waals surface area contributed by atoms with Gasteiger partial charge in [-0.1, -0.05) is 26.8 Å². The minimum atomic E-state index is -0.297. The number of benzene rings is 1. The third-order valence-electron chi connectivity index (χ3n) is 5.42. The summed E-state index contributed by atoms with van der Waals surface area (Å²) in [5.41, 5.74) is 1.33. The predicted molar refractivity (Wildman–Crippen MR) is 133 cm³/mol. The average Bonchev–Trinajstić information content (AvgIpc) is 3.40. The summed E-state index contributed by atoms with van der Waals surface area (Å²) in [4.78, 5) is 34.3.